The molecule has 0 saturated carbocycles. The summed E-state index contributed by atoms with van der Waals surface area (Å²) in [6, 6.07) is -0.423. The van der Waals surface area contributed by atoms with E-state index >= 15 is 0 Å². The van der Waals surface area contributed by atoms with Gasteiger partial charge in [-0.25, -0.2) is 9.67 Å². The summed E-state index contributed by atoms with van der Waals surface area (Å²) >= 11 is 4.77. The van der Waals surface area contributed by atoms with Crippen LogP contribution in [0.25, 0.3) is 0 Å². The highest BCUT2D eigenvalue weighted by Crippen LogP contribution is 2.04. The standard InChI is InChI=1S/C11H19N5OS/c1-7(2)4-5-13-11(17)8(3)16-6-14-10(15-16)9(12)18/h6-8H,4-5H2,1-3H3,(H2,12,18)(H,13,17). The average molecular weight is 269 g/mol. The van der Waals surface area contributed by atoms with Crippen molar-refractivity contribution in [3.8, 4) is 0 Å². The molecule has 6 nitrogen and oxygen atoms in total. The van der Waals surface area contributed by atoms with Crippen LogP contribution in [-0.4, -0.2) is 32.2 Å². The molecule has 1 atom stereocenters. The zero-order valence-corrected chi connectivity index (χ0v) is 11.7. The second-order valence-corrected chi connectivity index (χ2v) is 5.00. The van der Waals surface area contributed by atoms with Gasteiger partial charge in [-0.2, -0.15) is 0 Å². The lowest BCUT2D eigenvalue weighted by atomic mass is 10.1. The van der Waals surface area contributed by atoms with Gasteiger partial charge in [0.25, 0.3) is 0 Å². The third-order valence-electron chi connectivity index (χ3n) is 2.53. The predicted octanol–water partition coefficient (Wildman–Crippen LogP) is 0.636. The van der Waals surface area contributed by atoms with Crippen LogP contribution in [0.1, 0.15) is 39.1 Å². The van der Waals surface area contributed by atoms with Crippen molar-refractivity contribution < 1.29 is 4.79 Å². The summed E-state index contributed by atoms with van der Waals surface area (Å²) in [5, 5.41) is 6.91. The molecule has 1 unspecified atom stereocenters. The number of hydrogen-bond acceptors (Lipinski definition) is 4. The molecule has 18 heavy (non-hydrogen) atoms. The van der Waals surface area contributed by atoms with Crippen molar-refractivity contribution in [3.63, 3.8) is 0 Å². The van der Waals surface area contributed by atoms with Crippen molar-refractivity contribution in [3.05, 3.63) is 12.2 Å². The Balaban J connectivity index is 2.54. The Bertz CT molecular complexity index is 429. The van der Waals surface area contributed by atoms with Crippen molar-refractivity contribution in [2.75, 3.05) is 6.54 Å². The van der Waals surface area contributed by atoms with E-state index in [1.165, 1.54) is 11.0 Å². The number of nitrogens with one attached hydrogen (secondary N) is 1. The Morgan fingerprint density at radius 3 is 2.72 bits per heavy atom. The maximum Gasteiger partial charge on any atom is 0.244 e. The topological polar surface area (TPSA) is 85.8 Å². The van der Waals surface area contributed by atoms with E-state index in [2.05, 4.69) is 29.2 Å². The van der Waals surface area contributed by atoms with Crippen molar-refractivity contribution in [1.29, 1.82) is 0 Å². The molecule has 0 spiro atoms. The largest absolute Gasteiger partial charge is 0.387 e. The van der Waals surface area contributed by atoms with Crippen LogP contribution in [0.15, 0.2) is 6.33 Å². The highest BCUT2D eigenvalue weighted by molar-refractivity contribution is 7.80. The number of nitrogens with zero attached hydrogens (tertiary/aromatic N) is 3. The van der Waals surface area contributed by atoms with Crippen molar-refractivity contribution in [2.45, 2.75) is 33.2 Å². The number of amides is 1. The Kier molecular flexibility index (Phi) is 5.21. The Hall–Kier alpha value is -1.50. The van der Waals surface area contributed by atoms with Crippen LogP contribution >= 0.6 is 12.2 Å². The van der Waals surface area contributed by atoms with Crippen LogP contribution in [0.4, 0.5) is 0 Å². The van der Waals surface area contributed by atoms with Crippen molar-refractivity contribution >= 4 is 23.1 Å². The minimum atomic E-state index is -0.423. The van der Waals surface area contributed by atoms with Gasteiger partial charge >= 0.3 is 0 Å². The molecule has 0 aliphatic rings. The highest BCUT2D eigenvalue weighted by Gasteiger charge is 2.16. The number of rotatable bonds is 6. The number of aromatic nitrogens is 3. The molecule has 0 aliphatic heterocycles. The van der Waals surface area contributed by atoms with E-state index in [-0.39, 0.29) is 16.7 Å². The quantitative estimate of drug-likeness (QED) is 0.740. The molecule has 0 aromatic carbocycles. The van der Waals surface area contributed by atoms with Gasteiger partial charge in [-0.3, -0.25) is 4.79 Å². The van der Waals surface area contributed by atoms with Gasteiger partial charge in [-0.15, -0.1) is 5.10 Å². The van der Waals surface area contributed by atoms with Gasteiger partial charge in [0.2, 0.25) is 11.7 Å². The monoisotopic (exact) mass is 269 g/mol. The predicted molar refractivity (Wildman–Crippen MR) is 73.1 cm³/mol. The average Bonchev–Trinajstić information content (AvgIpc) is 2.76. The van der Waals surface area contributed by atoms with Crippen molar-refractivity contribution in [2.24, 2.45) is 11.7 Å². The van der Waals surface area contributed by atoms with E-state index < -0.39 is 6.04 Å². The molecule has 0 bridgehead atoms. The fraction of sp³-hybridized carbons (Fsp3) is 0.636. The Morgan fingerprint density at radius 2 is 2.22 bits per heavy atom. The van der Waals surface area contributed by atoms with E-state index in [9.17, 15) is 4.79 Å². The van der Waals surface area contributed by atoms with Gasteiger partial charge < -0.3 is 11.1 Å². The number of hydrogen-bond donors (Lipinski definition) is 2. The number of thiocarbonyl (C=S) groups is 1. The molecular weight excluding hydrogens is 250 g/mol. The lowest BCUT2D eigenvalue weighted by molar-refractivity contribution is -0.124. The highest BCUT2D eigenvalue weighted by atomic mass is 32.1. The first-order valence-corrected chi connectivity index (χ1v) is 6.31. The first-order valence-electron chi connectivity index (χ1n) is 5.90. The lowest BCUT2D eigenvalue weighted by Gasteiger charge is -2.12. The third-order valence-corrected chi connectivity index (χ3v) is 2.71. The summed E-state index contributed by atoms with van der Waals surface area (Å²) in [7, 11) is 0. The summed E-state index contributed by atoms with van der Waals surface area (Å²) in [4.78, 5) is 15.9. The molecule has 7 heteroatoms. The lowest BCUT2D eigenvalue weighted by Crippen LogP contribution is -2.32. The molecule has 100 valence electrons. The minimum absolute atomic E-state index is 0.0879. The van der Waals surface area contributed by atoms with E-state index in [0.717, 1.165) is 6.42 Å². The summed E-state index contributed by atoms with van der Waals surface area (Å²) < 4.78 is 1.46. The summed E-state index contributed by atoms with van der Waals surface area (Å²) in [6.45, 7) is 6.64. The van der Waals surface area contributed by atoms with Gasteiger partial charge in [-0.05, 0) is 19.3 Å². The summed E-state index contributed by atoms with van der Waals surface area (Å²) in [5.74, 6) is 0.759. The second kappa shape index (κ2) is 6.44. The molecule has 0 aliphatic carbocycles. The Morgan fingerprint density at radius 1 is 1.56 bits per heavy atom. The van der Waals surface area contributed by atoms with Crippen LogP contribution in [0.3, 0.4) is 0 Å². The van der Waals surface area contributed by atoms with Gasteiger partial charge in [0.15, 0.2) is 0 Å². The van der Waals surface area contributed by atoms with Crippen LogP contribution in [0.5, 0.6) is 0 Å². The van der Waals surface area contributed by atoms with Gasteiger partial charge in [-0.1, -0.05) is 26.1 Å². The zero-order chi connectivity index (χ0) is 13.7. The maximum atomic E-state index is 11.8. The van der Waals surface area contributed by atoms with Gasteiger partial charge in [0.05, 0.1) is 0 Å². The number of carbonyl (C=O) groups is 1. The van der Waals surface area contributed by atoms with E-state index in [0.29, 0.717) is 12.5 Å². The first-order chi connectivity index (χ1) is 8.41. The fourth-order valence-electron chi connectivity index (χ4n) is 1.33. The molecule has 3 N–H and O–H groups in total. The molecule has 0 fully saturated rings. The summed E-state index contributed by atoms with van der Waals surface area (Å²) in [5.41, 5.74) is 5.41. The molecular formula is C11H19N5OS. The molecule has 1 rings (SSSR count). The molecule has 1 amide bonds. The van der Waals surface area contributed by atoms with Gasteiger partial charge in [0.1, 0.15) is 17.4 Å². The number of carbonyl (C=O) groups excluding carboxylic acids is 1. The summed E-state index contributed by atoms with van der Waals surface area (Å²) in [6.07, 6.45) is 2.41. The van der Waals surface area contributed by atoms with Crippen molar-refractivity contribution in [1.82, 2.24) is 20.1 Å². The fourth-order valence-corrected chi connectivity index (χ4v) is 1.42. The van der Waals surface area contributed by atoms with Crippen LogP contribution in [0, 0.1) is 5.92 Å². The molecule has 1 heterocycles. The second-order valence-electron chi connectivity index (χ2n) is 4.56. The Labute approximate surface area is 112 Å². The van der Waals surface area contributed by atoms with E-state index in [4.69, 9.17) is 18.0 Å². The van der Waals surface area contributed by atoms with Gasteiger partial charge in [0, 0.05) is 6.54 Å². The van der Waals surface area contributed by atoms with Crippen LogP contribution in [0.2, 0.25) is 0 Å². The third kappa shape index (κ3) is 4.06. The smallest absolute Gasteiger partial charge is 0.244 e. The molecule has 1 aromatic heterocycles. The normalized spacial score (nSPS) is 12.4. The number of nitrogens with two attached hydrogens (primary N) is 1. The molecule has 1 aromatic rings. The molecule has 0 saturated heterocycles. The van der Waals surface area contributed by atoms with Crippen LogP contribution in [-0.2, 0) is 4.79 Å². The van der Waals surface area contributed by atoms with E-state index in [1.807, 2.05) is 0 Å². The maximum absolute atomic E-state index is 11.8. The minimum Gasteiger partial charge on any atom is -0.387 e. The SMILES string of the molecule is CC(C)CCNC(=O)C(C)n1cnc(C(N)=S)n1. The van der Waals surface area contributed by atoms with E-state index in [1.54, 1.807) is 6.92 Å². The molecule has 0 radical (unpaired) electrons. The van der Waals surface area contributed by atoms with Crippen LogP contribution < -0.4 is 11.1 Å². The zero-order valence-electron chi connectivity index (χ0n) is 10.9. The first kappa shape index (κ1) is 14.6.